The molecule has 0 aliphatic rings. The molecule has 8 heteroatoms. The second-order valence-electron chi connectivity index (χ2n) is 6.26. The fourth-order valence-corrected chi connectivity index (χ4v) is 3.51. The molecule has 0 fully saturated rings. The van der Waals surface area contributed by atoms with Crippen molar-refractivity contribution in [2.45, 2.75) is 30.9 Å². The maximum atomic E-state index is 11.7. The van der Waals surface area contributed by atoms with Crippen LogP contribution in [0.4, 0.5) is 0 Å². The smallest absolute Gasteiger partial charge is 0.238 e. The monoisotopic (exact) mass is 394 g/mol. The lowest BCUT2D eigenvalue weighted by Crippen LogP contribution is -2.35. The number of benzene rings is 2. The van der Waals surface area contributed by atoms with E-state index in [0.29, 0.717) is 35.8 Å². The van der Waals surface area contributed by atoms with Crippen LogP contribution in [0, 0.1) is 6.92 Å². The van der Waals surface area contributed by atoms with E-state index in [0.717, 1.165) is 0 Å². The number of aliphatic hydroxyl groups is 1. The van der Waals surface area contributed by atoms with Crippen LogP contribution < -0.4 is 19.9 Å². The number of primary sulfonamides is 1. The highest BCUT2D eigenvalue weighted by Crippen LogP contribution is 2.25. The van der Waals surface area contributed by atoms with Gasteiger partial charge in [-0.25, -0.2) is 13.6 Å². The highest BCUT2D eigenvalue weighted by molar-refractivity contribution is 7.89. The second-order valence-corrected chi connectivity index (χ2v) is 7.79. The van der Waals surface area contributed by atoms with E-state index in [1.807, 2.05) is 31.2 Å². The molecule has 148 valence electrons. The summed E-state index contributed by atoms with van der Waals surface area (Å²) in [7, 11) is -2.26. The Kier molecular flexibility index (Phi) is 7.20. The minimum Gasteiger partial charge on any atom is -0.493 e. The summed E-state index contributed by atoms with van der Waals surface area (Å²) >= 11 is 0. The van der Waals surface area contributed by atoms with Crippen molar-refractivity contribution in [1.82, 2.24) is 5.32 Å². The third-order valence-corrected chi connectivity index (χ3v) is 5.28. The molecule has 2 aromatic rings. The number of methoxy groups -OCH3 is 1. The van der Waals surface area contributed by atoms with Gasteiger partial charge in [-0.2, -0.15) is 0 Å². The first-order valence-corrected chi connectivity index (χ1v) is 10.1. The Bertz CT molecular complexity index is 870. The maximum Gasteiger partial charge on any atom is 0.238 e. The molecule has 0 heterocycles. The lowest BCUT2D eigenvalue weighted by Gasteiger charge is -2.21. The predicted molar refractivity (Wildman–Crippen MR) is 103 cm³/mol. The van der Waals surface area contributed by atoms with Crippen molar-refractivity contribution in [2.24, 2.45) is 5.14 Å². The van der Waals surface area contributed by atoms with Gasteiger partial charge in [-0.05, 0) is 43.2 Å². The van der Waals surface area contributed by atoms with E-state index in [1.54, 1.807) is 26.2 Å². The number of sulfonamides is 1. The molecule has 0 aromatic heterocycles. The lowest BCUT2D eigenvalue weighted by molar-refractivity contribution is 0.132. The van der Waals surface area contributed by atoms with E-state index in [2.05, 4.69) is 5.32 Å². The average Bonchev–Trinajstić information content (AvgIpc) is 2.64. The van der Waals surface area contributed by atoms with Gasteiger partial charge in [-0.3, -0.25) is 0 Å². The zero-order valence-corrected chi connectivity index (χ0v) is 16.5. The molecule has 0 amide bonds. The van der Waals surface area contributed by atoms with Crippen molar-refractivity contribution < 1.29 is 23.0 Å². The van der Waals surface area contributed by atoms with E-state index in [1.165, 1.54) is 6.07 Å². The summed E-state index contributed by atoms with van der Waals surface area (Å²) in [6.45, 7) is 4.34. The van der Waals surface area contributed by atoms with Crippen LogP contribution >= 0.6 is 0 Å². The lowest BCUT2D eigenvalue weighted by atomic mass is 10.0. The maximum absolute atomic E-state index is 11.7. The Hall–Kier alpha value is -2.13. The Labute approximate surface area is 160 Å². The molecule has 7 nitrogen and oxygen atoms in total. The predicted octanol–water partition coefficient (Wildman–Crippen LogP) is 1.74. The Morgan fingerprint density at radius 1 is 1.19 bits per heavy atom. The minimum atomic E-state index is -3.84. The molecule has 0 bridgehead atoms. The largest absolute Gasteiger partial charge is 0.493 e. The van der Waals surface area contributed by atoms with Crippen molar-refractivity contribution in [3.05, 3.63) is 53.6 Å². The summed E-state index contributed by atoms with van der Waals surface area (Å²) in [5.74, 6) is 1.30. The molecule has 0 aliphatic carbocycles. The number of rotatable bonds is 9. The van der Waals surface area contributed by atoms with Crippen LogP contribution in [0.2, 0.25) is 0 Å². The van der Waals surface area contributed by atoms with Crippen molar-refractivity contribution in [3.8, 4) is 11.5 Å². The van der Waals surface area contributed by atoms with Gasteiger partial charge in [0.2, 0.25) is 10.0 Å². The number of hydrogen-bond acceptors (Lipinski definition) is 6. The average molecular weight is 394 g/mol. The molecule has 2 unspecified atom stereocenters. The van der Waals surface area contributed by atoms with Gasteiger partial charge < -0.3 is 19.9 Å². The number of ether oxygens (including phenoxy) is 2. The summed E-state index contributed by atoms with van der Waals surface area (Å²) in [5, 5.41) is 18.9. The van der Waals surface area contributed by atoms with Crippen LogP contribution in [0.5, 0.6) is 11.5 Å². The summed E-state index contributed by atoms with van der Waals surface area (Å²) in [4.78, 5) is 0.0192. The molecule has 0 aliphatic heterocycles. The standard InChI is InChI=1S/C19H26N2O5S/c1-13-8-9-15(12-18(13)27(20,23)24)19(22)14(2)21-10-11-26-17-7-5-4-6-16(17)25-3/h4-9,12,14,19,21-22H,10-11H2,1-3H3,(H2,20,23,24). The number of nitrogens with one attached hydrogen (secondary N) is 1. The van der Waals surface area contributed by atoms with Gasteiger partial charge >= 0.3 is 0 Å². The second kappa shape index (κ2) is 9.18. The van der Waals surface area contributed by atoms with E-state index >= 15 is 0 Å². The molecular weight excluding hydrogens is 368 g/mol. The summed E-state index contributed by atoms with van der Waals surface area (Å²) in [6.07, 6.45) is -0.891. The van der Waals surface area contributed by atoms with Crippen molar-refractivity contribution >= 4 is 10.0 Å². The number of para-hydroxylation sites is 2. The van der Waals surface area contributed by atoms with Crippen molar-refractivity contribution in [2.75, 3.05) is 20.3 Å². The summed E-state index contributed by atoms with van der Waals surface area (Å²) < 4.78 is 34.2. The quantitative estimate of drug-likeness (QED) is 0.559. The topological polar surface area (TPSA) is 111 Å². The van der Waals surface area contributed by atoms with Crippen LogP contribution in [0.25, 0.3) is 0 Å². The third kappa shape index (κ3) is 5.67. The fourth-order valence-electron chi connectivity index (χ4n) is 2.69. The van der Waals surface area contributed by atoms with Gasteiger partial charge in [0.1, 0.15) is 6.61 Å². The first-order valence-electron chi connectivity index (χ1n) is 8.54. The molecule has 0 saturated carbocycles. The van der Waals surface area contributed by atoms with Crippen LogP contribution in [-0.4, -0.2) is 39.8 Å². The molecule has 2 aromatic carbocycles. The number of hydrogen-bond donors (Lipinski definition) is 3. The van der Waals surface area contributed by atoms with Gasteiger partial charge in [0.15, 0.2) is 11.5 Å². The van der Waals surface area contributed by atoms with Gasteiger partial charge in [0.05, 0.1) is 18.1 Å². The Morgan fingerprint density at radius 2 is 1.85 bits per heavy atom. The van der Waals surface area contributed by atoms with Crippen LogP contribution in [0.3, 0.4) is 0 Å². The molecular formula is C19H26N2O5S. The van der Waals surface area contributed by atoms with Crippen molar-refractivity contribution in [3.63, 3.8) is 0 Å². The van der Waals surface area contributed by atoms with E-state index in [9.17, 15) is 13.5 Å². The SMILES string of the molecule is COc1ccccc1OCCNC(C)C(O)c1ccc(C)c(S(N)(=O)=O)c1. The molecule has 0 spiro atoms. The molecule has 2 atom stereocenters. The zero-order chi connectivity index (χ0) is 20.0. The summed E-state index contributed by atoms with van der Waals surface area (Å²) in [6, 6.07) is 11.8. The Balaban J connectivity index is 1.93. The number of aryl methyl sites for hydroxylation is 1. The molecule has 0 radical (unpaired) electrons. The third-order valence-electron chi connectivity index (χ3n) is 4.23. The van der Waals surface area contributed by atoms with Gasteiger partial charge in [-0.1, -0.05) is 24.3 Å². The van der Waals surface area contributed by atoms with Gasteiger partial charge in [0.25, 0.3) is 0 Å². The molecule has 2 rings (SSSR count). The van der Waals surface area contributed by atoms with Gasteiger partial charge in [-0.15, -0.1) is 0 Å². The molecule has 0 saturated heterocycles. The van der Waals surface area contributed by atoms with E-state index < -0.39 is 16.1 Å². The van der Waals surface area contributed by atoms with E-state index in [4.69, 9.17) is 14.6 Å². The van der Waals surface area contributed by atoms with Crippen LogP contribution in [0.15, 0.2) is 47.4 Å². The van der Waals surface area contributed by atoms with Gasteiger partial charge in [0, 0.05) is 12.6 Å². The normalized spacial score (nSPS) is 13.8. The van der Waals surface area contributed by atoms with Crippen molar-refractivity contribution in [1.29, 1.82) is 0 Å². The first-order chi connectivity index (χ1) is 12.7. The number of nitrogens with two attached hydrogens (primary N) is 1. The first kappa shape index (κ1) is 21.2. The highest BCUT2D eigenvalue weighted by atomic mass is 32.2. The Morgan fingerprint density at radius 3 is 2.48 bits per heavy atom. The molecule has 4 N–H and O–H groups in total. The van der Waals surface area contributed by atoms with Crippen LogP contribution in [-0.2, 0) is 10.0 Å². The number of aliphatic hydroxyl groups excluding tert-OH is 1. The van der Waals surface area contributed by atoms with Crippen LogP contribution in [0.1, 0.15) is 24.2 Å². The van der Waals surface area contributed by atoms with E-state index in [-0.39, 0.29) is 10.9 Å². The minimum absolute atomic E-state index is 0.0192. The summed E-state index contributed by atoms with van der Waals surface area (Å²) in [5.41, 5.74) is 1.02. The zero-order valence-electron chi connectivity index (χ0n) is 15.7. The fraction of sp³-hybridized carbons (Fsp3) is 0.368. The molecule has 27 heavy (non-hydrogen) atoms. The highest BCUT2D eigenvalue weighted by Gasteiger charge is 2.19.